The molecule has 2 aromatic heterocycles. The smallest absolute Gasteiger partial charge is 0.253 e. The van der Waals surface area contributed by atoms with Gasteiger partial charge in [-0.05, 0) is 43.2 Å². The van der Waals surface area contributed by atoms with Crippen LogP contribution in [0.1, 0.15) is 34.8 Å². The quantitative estimate of drug-likeness (QED) is 0.435. The predicted octanol–water partition coefficient (Wildman–Crippen LogP) is 4.52. The van der Waals surface area contributed by atoms with E-state index in [1.165, 1.54) is 0 Å². The molecule has 5 rings (SSSR count). The number of nitrogens with zero attached hydrogens (tertiary/aromatic N) is 6. The highest BCUT2D eigenvalue weighted by atomic mass is 35.5. The van der Waals surface area contributed by atoms with Crippen LogP contribution >= 0.6 is 11.6 Å². The van der Waals surface area contributed by atoms with Crippen molar-refractivity contribution in [3.63, 3.8) is 0 Å². The Morgan fingerprint density at radius 3 is 2.70 bits per heavy atom. The van der Waals surface area contributed by atoms with E-state index in [0.717, 1.165) is 24.2 Å². The minimum atomic E-state index is -0.0212. The summed E-state index contributed by atoms with van der Waals surface area (Å²) < 4.78 is 7.78. The average molecular weight is 461 g/mol. The molecule has 1 aliphatic heterocycles. The lowest BCUT2D eigenvalue weighted by atomic mass is 9.94. The molecule has 1 aliphatic rings. The summed E-state index contributed by atoms with van der Waals surface area (Å²) in [5.41, 5.74) is 2.19. The number of amides is 1. The van der Waals surface area contributed by atoms with Crippen molar-refractivity contribution >= 4 is 17.5 Å². The van der Waals surface area contributed by atoms with E-state index in [9.17, 15) is 4.79 Å². The molecular weight excluding hydrogens is 440 g/mol. The van der Waals surface area contributed by atoms with Gasteiger partial charge in [-0.15, -0.1) is 10.2 Å². The maximum Gasteiger partial charge on any atom is 0.253 e. The van der Waals surface area contributed by atoms with Crippen LogP contribution in [0.15, 0.2) is 73.6 Å². The summed E-state index contributed by atoms with van der Waals surface area (Å²) in [7, 11) is 0. The number of halogens is 1. The monoisotopic (exact) mass is 460 g/mol. The Bertz CT molecular complexity index is 1260. The van der Waals surface area contributed by atoms with Crippen LogP contribution in [0, 0.1) is 0 Å². The Kier molecular flexibility index (Phi) is 5.99. The van der Waals surface area contributed by atoms with E-state index >= 15 is 0 Å². The Labute approximate surface area is 195 Å². The molecule has 3 heterocycles. The van der Waals surface area contributed by atoms with Gasteiger partial charge in [-0.2, -0.15) is 0 Å². The molecule has 0 aliphatic carbocycles. The fourth-order valence-corrected chi connectivity index (χ4v) is 4.20. The van der Waals surface area contributed by atoms with E-state index in [0.29, 0.717) is 35.3 Å². The summed E-state index contributed by atoms with van der Waals surface area (Å²) in [4.78, 5) is 24.1. The molecule has 9 heteroatoms. The van der Waals surface area contributed by atoms with Crippen LogP contribution in [-0.4, -0.2) is 48.6 Å². The number of piperidine rings is 1. The van der Waals surface area contributed by atoms with Crippen LogP contribution in [0.3, 0.4) is 0 Å². The second-order valence-electron chi connectivity index (χ2n) is 7.79. The maximum absolute atomic E-state index is 13.3. The number of likely N-dealkylation sites (tertiary alicyclic amines) is 1. The SMILES string of the molecule is O=C(c1cccc(-n2cnnc2)c1)N1CCCC(c2nccnc2Oc2ccccc2Cl)C1. The minimum Gasteiger partial charge on any atom is -0.436 e. The van der Waals surface area contributed by atoms with Crippen LogP contribution in [0.25, 0.3) is 5.69 Å². The van der Waals surface area contributed by atoms with E-state index in [-0.39, 0.29) is 11.8 Å². The van der Waals surface area contributed by atoms with Gasteiger partial charge in [0.2, 0.25) is 5.88 Å². The van der Waals surface area contributed by atoms with E-state index in [1.807, 2.05) is 41.3 Å². The molecular formula is C24H21ClN6O2. The van der Waals surface area contributed by atoms with E-state index in [4.69, 9.17) is 16.3 Å². The predicted molar refractivity (Wildman–Crippen MR) is 123 cm³/mol. The molecule has 1 fully saturated rings. The zero-order valence-corrected chi connectivity index (χ0v) is 18.5. The first-order valence-electron chi connectivity index (χ1n) is 10.7. The van der Waals surface area contributed by atoms with Crippen molar-refractivity contribution in [2.75, 3.05) is 13.1 Å². The summed E-state index contributed by atoms with van der Waals surface area (Å²) in [6, 6.07) is 14.7. The van der Waals surface area contributed by atoms with Gasteiger partial charge >= 0.3 is 0 Å². The second kappa shape index (κ2) is 9.38. The van der Waals surface area contributed by atoms with Gasteiger partial charge in [-0.3, -0.25) is 14.3 Å². The topological polar surface area (TPSA) is 86.0 Å². The van der Waals surface area contributed by atoms with Crippen LogP contribution in [0.4, 0.5) is 0 Å². The number of carbonyl (C=O) groups excluding carboxylic acids is 1. The Balaban J connectivity index is 1.36. The van der Waals surface area contributed by atoms with Gasteiger partial charge < -0.3 is 9.64 Å². The first kappa shape index (κ1) is 21.1. The molecule has 1 atom stereocenters. The third kappa shape index (κ3) is 4.56. The summed E-state index contributed by atoms with van der Waals surface area (Å²) in [6.45, 7) is 1.22. The third-order valence-electron chi connectivity index (χ3n) is 5.64. The maximum atomic E-state index is 13.3. The largest absolute Gasteiger partial charge is 0.436 e. The number of ether oxygens (including phenoxy) is 1. The fraction of sp³-hybridized carbons (Fsp3) is 0.208. The molecule has 2 aromatic carbocycles. The van der Waals surface area contributed by atoms with Crippen LogP contribution in [0.2, 0.25) is 5.02 Å². The highest BCUT2D eigenvalue weighted by molar-refractivity contribution is 6.32. The van der Waals surface area contributed by atoms with Gasteiger partial charge in [0.15, 0.2) is 0 Å². The Hall–Kier alpha value is -3.78. The van der Waals surface area contributed by atoms with Crippen molar-refractivity contribution in [2.45, 2.75) is 18.8 Å². The highest BCUT2D eigenvalue weighted by Gasteiger charge is 2.29. The molecule has 1 amide bonds. The van der Waals surface area contributed by atoms with Gasteiger partial charge in [-0.1, -0.05) is 29.8 Å². The number of para-hydroxylation sites is 1. The van der Waals surface area contributed by atoms with Crippen molar-refractivity contribution < 1.29 is 9.53 Å². The molecule has 8 nitrogen and oxygen atoms in total. The van der Waals surface area contributed by atoms with Gasteiger partial charge in [0, 0.05) is 42.7 Å². The van der Waals surface area contributed by atoms with Gasteiger partial charge in [0.05, 0.1) is 5.02 Å². The molecule has 1 unspecified atom stereocenters. The molecule has 166 valence electrons. The molecule has 0 N–H and O–H groups in total. The summed E-state index contributed by atoms with van der Waals surface area (Å²) in [5, 5.41) is 8.17. The fourth-order valence-electron chi connectivity index (χ4n) is 4.03. The van der Waals surface area contributed by atoms with Gasteiger partial charge in [-0.25, -0.2) is 4.98 Å². The van der Waals surface area contributed by atoms with E-state index in [1.54, 1.807) is 41.7 Å². The molecule has 33 heavy (non-hydrogen) atoms. The standard InChI is InChI=1S/C24H21ClN6O2/c25-20-8-1-2-9-21(20)33-23-22(26-10-11-27-23)18-6-4-12-30(14-18)24(32)17-5-3-7-19(13-17)31-15-28-29-16-31/h1-3,5,7-11,13,15-16,18H,4,6,12,14H2. The second-order valence-corrected chi connectivity index (χ2v) is 8.20. The van der Waals surface area contributed by atoms with Crippen molar-refractivity contribution in [3.05, 3.63) is 89.9 Å². The number of aromatic nitrogens is 5. The minimum absolute atomic E-state index is 0.00918. The Morgan fingerprint density at radius 1 is 1.03 bits per heavy atom. The number of rotatable bonds is 5. The third-order valence-corrected chi connectivity index (χ3v) is 5.95. The van der Waals surface area contributed by atoms with Crippen molar-refractivity contribution in [1.29, 1.82) is 0 Å². The number of hydrogen-bond donors (Lipinski definition) is 0. The molecule has 1 saturated heterocycles. The Morgan fingerprint density at radius 2 is 1.85 bits per heavy atom. The van der Waals surface area contributed by atoms with Crippen LogP contribution in [0.5, 0.6) is 11.6 Å². The summed E-state index contributed by atoms with van der Waals surface area (Å²) in [6.07, 6.45) is 8.21. The molecule has 0 bridgehead atoms. The number of benzene rings is 2. The van der Waals surface area contributed by atoms with Crippen molar-refractivity contribution in [2.24, 2.45) is 0 Å². The normalized spacial score (nSPS) is 15.9. The van der Waals surface area contributed by atoms with E-state index in [2.05, 4.69) is 20.2 Å². The average Bonchev–Trinajstić information content (AvgIpc) is 3.41. The van der Waals surface area contributed by atoms with Crippen molar-refractivity contribution in [3.8, 4) is 17.3 Å². The zero-order valence-electron chi connectivity index (χ0n) is 17.7. The molecule has 0 radical (unpaired) electrons. The lowest BCUT2D eigenvalue weighted by molar-refractivity contribution is 0.0704. The van der Waals surface area contributed by atoms with E-state index < -0.39 is 0 Å². The lowest BCUT2D eigenvalue weighted by Gasteiger charge is -2.33. The zero-order chi connectivity index (χ0) is 22.6. The molecule has 0 spiro atoms. The summed E-state index contributed by atoms with van der Waals surface area (Å²) in [5.74, 6) is 0.928. The number of hydrogen-bond acceptors (Lipinski definition) is 6. The highest BCUT2D eigenvalue weighted by Crippen LogP contribution is 2.35. The lowest BCUT2D eigenvalue weighted by Crippen LogP contribution is -2.39. The molecule has 4 aromatic rings. The first-order valence-corrected chi connectivity index (χ1v) is 11.0. The molecule has 0 saturated carbocycles. The van der Waals surface area contributed by atoms with Crippen molar-refractivity contribution in [1.82, 2.24) is 29.6 Å². The number of carbonyl (C=O) groups is 1. The van der Waals surface area contributed by atoms with Gasteiger partial charge in [0.1, 0.15) is 24.1 Å². The first-order chi connectivity index (χ1) is 16.2. The summed E-state index contributed by atoms with van der Waals surface area (Å²) >= 11 is 6.26. The van der Waals surface area contributed by atoms with Gasteiger partial charge in [0.25, 0.3) is 5.91 Å². The van der Waals surface area contributed by atoms with Crippen LogP contribution in [-0.2, 0) is 0 Å². The van der Waals surface area contributed by atoms with Crippen LogP contribution < -0.4 is 4.74 Å².